The van der Waals surface area contributed by atoms with Crippen molar-refractivity contribution >= 4 is 11.6 Å². The second-order valence-corrected chi connectivity index (χ2v) is 3.73. The molecule has 0 saturated carbocycles. The van der Waals surface area contributed by atoms with Gasteiger partial charge in [-0.15, -0.1) is 10.2 Å². The topological polar surface area (TPSA) is 65.0 Å². The summed E-state index contributed by atoms with van der Waals surface area (Å²) in [6.07, 6.45) is 1.52. The molecule has 0 unspecified atom stereocenters. The van der Waals surface area contributed by atoms with Gasteiger partial charge in [0.25, 0.3) is 5.89 Å². The predicted molar refractivity (Wildman–Crippen MR) is 60.2 cm³/mol. The van der Waals surface area contributed by atoms with Crippen molar-refractivity contribution in [3.63, 3.8) is 0 Å². The summed E-state index contributed by atoms with van der Waals surface area (Å²) < 4.78 is 10.4. The Kier molecular flexibility index (Phi) is 2.38. The second kappa shape index (κ2) is 4.03. The normalized spacial score (nSPS) is 10.6. The van der Waals surface area contributed by atoms with E-state index in [2.05, 4.69) is 15.4 Å². The Hall–Kier alpha value is -2.14. The van der Waals surface area contributed by atoms with E-state index in [1.807, 2.05) is 0 Å². The zero-order valence-corrected chi connectivity index (χ0v) is 9.26. The largest absolute Gasteiger partial charge is 0.413 e. The lowest BCUT2D eigenvalue weighted by molar-refractivity contribution is 0.416. The lowest BCUT2D eigenvalue weighted by Crippen LogP contribution is -1.76. The molecule has 0 aliphatic heterocycles. The van der Waals surface area contributed by atoms with Crippen molar-refractivity contribution < 1.29 is 8.94 Å². The lowest BCUT2D eigenvalue weighted by Gasteiger charge is -1.93. The summed E-state index contributed by atoms with van der Waals surface area (Å²) in [4.78, 5) is 0. The highest BCUT2D eigenvalue weighted by molar-refractivity contribution is 6.30. The minimum absolute atomic E-state index is 0.299. The summed E-state index contributed by atoms with van der Waals surface area (Å²) in [5.74, 6) is 1.15. The van der Waals surface area contributed by atoms with Gasteiger partial charge in [-0.05, 0) is 24.3 Å². The van der Waals surface area contributed by atoms with Crippen LogP contribution in [0, 0.1) is 0 Å². The van der Waals surface area contributed by atoms with E-state index in [-0.39, 0.29) is 0 Å². The summed E-state index contributed by atoms with van der Waals surface area (Å²) in [5.41, 5.74) is 0.799. The zero-order valence-electron chi connectivity index (χ0n) is 8.50. The zero-order chi connectivity index (χ0) is 11.7. The van der Waals surface area contributed by atoms with Gasteiger partial charge in [-0.1, -0.05) is 16.8 Å². The van der Waals surface area contributed by atoms with Crippen LogP contribution in [-0.2, 0) is 0 Å². The van der Waals surface area contributed by atoms with Gasteiger partial charge in [0.05, 0.1) is 6.20 Å². The second-order valence-electron chi connectivity index (χ2n) is 3.30. The van der Waals surface area contributed by atoms with E-state index in [0.29, 0.717) is 22.6 Å². The molecule has 0 aliphatic carbocycles. The number of nitrogens with zero attached hydrogens (tertiary/aromatic N) is 3. The Morgan fingerprint density at radius 2 is 1.71 bits per heavy atom. The molecule has 17 heavy (non-hydrogen) atoms. The molecule has 2 aromatic heterocycles. The molecular formula is C11H6ClN3O2. The minimum Gasteiger partial charge on any atom is -0.413 e. The first-order valence-electron chi connectivity index (χ1n) is 4.83. The van der Waals surface area contributed by atoms with E-state index < -0.39 is 0 Å². The van der Waals surface area contributed by atoms with Crippen LogP contribution in [0.25, 0.3) is 23.1 Å². The summed E-state index contributed by atoms with van der Waals surface area (Å²) in [5, 5.41) is 12.0. The molecular weight excluding hydrogens is 242 g/mol. The Balaban J connectivity index is 1.98. The van der Waals surface area contributed by atoms with Crippen LogP contribution in [0.4, 0.5) is 0 Å². The highest BCUT2D eigenvalue weighted by Gasteiger charge is 2.12. The summed E-state index contributed by atoms with van der Waals surface area (Å²) in [6.45, 7) is 0. The molecule has 3 aromatic rings. The van der Waals surface area contributed by atoms with Crippen LogP contribution in [0.1, 0.15) is 0 Å². The first-order chi connectivity index (χ1) is 8.33. The standard InChI is InChI=1S/C11H6ClN3O2/c12-8-3-1-7(2-4-8)10-14-15-11(16-10)9-5-6-13-17-9/h1-6H. The fraction of sp³-hybridized carbons (Fsp3) is 0. The van der Waals surface area contributed by atoms with Crippen molar-refractivity contribution in [2.45, 2.75) is 0 Å². The molecule has 0 fully saturated rings. The van der Waals surface area contributed by atoms with Crippen LogP contribution >= 0.6 is 11.6 Å². The van der Waals surface area contributed by atoms with Crippen LogP contribution < -0.4 is 0 Å². The molecule has 0 radical (unpaired) electrons. The van der Waals surface area contributed by atoms with Gasteiger partial charge in [0.1, 0.15) is 0 Å². The van der Waals surface area contributed by atoms with Crippen molar-refractivity contribution in [1.29, 1.82) is 0 Å². The predicted octanol–water partition coefficient (Wildman–Crippen LogP) is 3.05. The van der Waals surface area contributed by atoms with E-state index in [4.69, 9.17) is 20.5 Å². The third kappa shape index (κ3) is 1.92. The smallest absolute Gasteiger partial charge is 0.286 e. The SMILES string of the molecule is Clc1ccc(-c2nnc(-c3ccno3)o2)cc1. The van der Waals surface area contributed by atoms with Gasteiger partial charge in [-0.3, -0.25) is 0 Å². The van der Waals surface area contributed by atoms with Crippen molar-refractivity contribution in [3.05, 3.63) is 41.6 Å². The molecule has 3 rings (SSSR count). The third-order valence-corrected chi connectivity index (χ3v) is 2.42. The van der Waals surface area contributed by atoms with Crippen LogP contribution in [0.5, 0.6) is 0 Å². The van der Waals surface area contributed by atoms with Gasteiger partial charge in [0, 0.05) is 16.7 Å². The van der Waals surface area contributed by atoms with E-state index >= 15 is 0 Å². The summed E-state index contributed by atoms with van der Waals surface area (Å²) in [6, 6.07) is 8.78. The van der Waals surface area contributed by atoms with Crippen LogP contribution in [0.3, 0.4) is 0 Å². The lowest BCUT2D eigenvalue weighted by atomic mass is 10.2. The Morgan fingerprint density at radius 1 is 0.941 bits per heavy atom. The van der Waals surface area contributed by atoms with Gasteiger partial charge in [-0.25, -0.2) is 0 Å². The maximum atomic E-state index is 5.80. The molecule has 0 saturated heterocycles. The average molecular weight is 248 g/mol. The summed E-state index contributed by atoms with van der Waals surface area (Å²) >= 11 is 5.80. The fourth-order valence-electron chi connectivity index (χ4n) is 1.36. The molecule has 0 bridgehead atoms. The van der Waals surface area contributed by atoms with Gasteiger partial charge < -0.3 is 8.94 Å². The first kappa shape index (κ1) is 10.0. The quantitative estimate of drug-likeness (QED) is 0.696. The maximum absolute atomic E-state index is 5.80. The van der Waals surface area contributed by atoms with E-state index in [0.717, 1.165) is 5.56 Å². The van der Waals surface area contributed by atoms with Crippen molar-refractivity contribution in [1.82, 2.24) is 15.4 Å². The number of halogens is 1. The highest BCUT2D eigenvalue weighted by atomic mass is 35.5. The average Bonchev–Trinajstić information content (AvgIpc) is 3.00. The molecule has 0 atom stereocenters. The maximum Gasteiger partial charge on any atom is 0.286 e. The van der Waals surface area contributed by atoms with E-state index in [1.54, 1.807) is 30.3 Å². The molecule has 1 aromatic carbocycles. The van der Waals surface area contributed by atoms with Gasteiger partial charge in [0.15, 0.2) is 0 Å². The molecule has 5 nitrogen and oxygen atoms in total. The van der Waals surface area contributed by atoms with Gasteiger partial charge in [0.2, 0.25) is 11.7 Å². The number of benzene rings is 1. The Labute approximate surface area is 101 Å². The highest BCUT2D eigenvalue weighted by Crippen LogP contribution is 2.24. The van der Waals surface area contributed by atoms with Crippen LogP contribution in [0.15, 0.2) is 45.5 Å². The van der Waals surface area contributed by atoms with Gasteiger partial charge >= 0.3 is 0 Å². The fourth-order valence-corrected chi connectivity index (χ4v) is 1.48. The van der Waals surface area contributed by atoms with E-state index in [9.17, 15) is 0 Å². The Bertz CT molecular complexity index is 616. The monoisotopic (exact) mass is 247 g/mol. The van der Waals surface area contributed by atoms with Crippen molar-refractivity contribution in [3.8, 4) is 23.1 Å². The molecule has 0 aliphatic rings. The van der Waals surface area contributed by atoms with Gasteiger partial charge in [-0.2, -0.15) is 0 Å². The molecule has 0 amide bonds. The van der Waals surface area contributed by atoms with Crippen LogP contribution in [-0.4, -0.2) is 15.4 Å². The summed E-state index contributed by atoms with van der Waals surface area (Å²) in [7, 11) is 0. The number of aromatic nitrogens is 3. The number of hydrogen-bond donors (Lipinski definition) is 0. The third-order valence-electron chi connectivity index (χ3n) is 2.16. The van der Waals surface area contributed by atoms with Crippen molar-refractivity contribution in [2.24, 2.45) is 0 Å². The van der Waals surface area contributed by atoms with Crippen molar-refractivity contribution in [2.75, 3.05) is 0 Å². The number of hydrogen-bond acceptors (Lipinski definition) is 5. The van der Waals surface area contributed by atoms with E-state index in [1.165, 1.54) is 6.20 Å². The Morgan fingerprint density at radius 3 is 2.41 bits per heavy atom. The molecule has 0 spiro atoms. The number of rotatable bonds is 2. The molecule has 2 heterocycles. The first-order valence-corrected chi connectivity index (χ1v) is 5.21. The molecule has 0 N–H and O–H groups in total. The molecule has 6 heteroatoms. The minimum atomic E-state index is 0.299. The molecule has 84 valence electrons. The van der Waals surface area contributed by atoms with Crippen LogP contribution in [0.2, 0.25) is 5.02 Å².